The second-order valence-electron chi connectivity index (χ2n) is 7.61. The molecule has 3 aliphatic rings. The van der Waals surface area contributed by atoms with Crippen LogP contribution in [0, 0.1) is 0 Å². The molecule has 0 aromatic heterocycles. The summed E-state index contributed by atoms with van der Waals surface area (Å²) >= 11 is 0. The van der Waals surface area contributed by atoms with Crippen molar-refractivity contribution in [1.29, 1.82) is 0 Å². The van der Waals surface area contributed by atoms with Crippen molar-refractivity contribution in [2.24, 2.45) is 5.73 Å². The third-order valence-electron chi connectivity index (χ3n) is 6.07. The predicted octanol–water partition coefficient (Wildman–Crippen LogP) is 2.22. The number of carbonyl (C=O) groups excluding carboxylic acids is 1. The molecule has 0 radical (unpaired) electrons. The van der Waals surface area contributed by atoms with Crippen molar-refractivity contribution in [3.8, 4) is 0 Å². The fraction of sp³-hybridized carbons (Fsp3) is 0.944. The monoisotopic (exact) mass is 359 g/mol. The Morgan fingerprint density at radius 3 is 2.38 bits per heavy atom. The van der Waals surface area contributed by atoms with Gasteiger partial charge in [-0.15, -0.1) is 12.4 Å². The first kappa shape index (κ1) is 20.0. The highest BCUT2D eigenvalue weighted by Gasteiger charge is 2.39. The summed E-state index contributed by atoms with van der Waals surface area (Å²) in [6.07, 6.45) is 11.8. The Morgan fingerprint density at radius 1 is 1.08 bits per heavy atom. The van der Waals surface area contributed by atoms with Crippen molar-refractivity contribution in [2.45, 2.75) is 82.0 Å². The standard InChI is InChI=1S/C18H33N3O2.ClH/c19-13-15-7-8-16(23-15)17(22)20-14-18(9-3-1-4-10-18)21-11-5-2-6-12-21;/h15-16H,1-14,19H2,(H,20,22);1H/t15-,16+;/m1./s1. The van der Waals surface area contributed by atoms with Gasteiger partial charge in [0.1, 0.15) is 6.10 Å². The van der Waals surface area contributed by atoms with Gasteiger partial charge in [0.15, 0.2) is 0 Å². The summed E-state index contributed by atoms with van der Waals surface area (Å²) in [5, 5.41) is 3.23. The van der Waals surface area contributed by atoms with Gasteiger partial charge in [-0.1, -0.05) is 25.7 Å². The smallest absolute Gasteiger partial charge is 0.249 e. The van der Waals surface area contributed by atoms with Gasteiger partial charge in [-0.25, -0.2) is 0 Å². The summed E-state index contributed by atoms with van der Waals surface area (Å²) in [6, 6.07) is 0. The molecule has 0 unspecified atom stereocenters. The molecule has 0 spiro atoms. The highest BCUT2D eigenvalue weighted by Crippen LogP contribution is 2.35. The third-order valence-corrected chi connectivity index (χ3v) is 6.07. The average molecular weight is 360 g/mol. The van der Waals surface area contributed by atoms with Crippen molar-refractivity contribution in [1.82, 2.24) is 10.2 Å². The number of amides is 1. The molecule has 2 heterocycles. The Bertz CT molecular complexity index is 396. The van der Waals surface area contributed by atoms with Gasteiger partial charge in [-0.05, 0) is 51.6 Å². The minimum atomic E-state index is -0.287. The average Bonchev–Trinajstić information content (AvgIpc) is 3.10. The molecule has 0 aromatic carbocycles. The van der Waals surface area contributed by atoms with Crippen LogP contribution in [0.2, 0.25) is 0 Å². The Hall–Kier alpha value is -0.360. The second kappa shape index (κ2) is 9.37. The van der Waals surface area contributed by atoms with Crippen LogP contribution in [0.3, 0.4) is 0 Å². The number of nitrogens with one attached hydrogen (secondary N) is 1. The molecule has 1 saturated carbocycles. The molecule has 0 aromatic rings. The molecule has 1 aliphatic carbocycles. The number of hydrogen-bond acceptors (Lipinski definition) is 4. The molecule has 3 N–H and O–H groups in total. The number of likely N-dealkylation sites (tertiary alicyclic amines) is 1. The number of halogens is 1. The van der Waals surface area contributed by atoms with Crippen LogP contribution in [-0.2, 0) is 9.53 Å². The Kier molecular flexibility index (Phi) is 7.79. The van der Waals surface area contributed by atoms with Crippen LogP contribution in [0.4, 0.5) is 0 Å². The first-order valence-corrected chi connectivity index (χ1v) is 9.62. The van der Waals surface area contributed by atoms with E-state index in [1.54, 1.807) is 0 Å². The quantitative estimate of drug-likeness (QED) is 0.789. The van der Waals surface area contributed by atoms with Crippen LogP contribution < -0.4 is 11.1 Å². The first-order chi connectivity index (χ1) is 11.2. The van der Waals surface area contributed by atoms with E-state index in [-0.39, 0.29) is 36.1 Å². The van der Waals surface area contributed by atoms with Crippen LogP contribution in [0.15, 0.2) is 0 Å². The first-order valence-electron chi connectivity index (χ1n) is 9.62. The van der Waals surface area contributed by atoms with Crippen LogP contribution in [-0.4, -0.2) is 54.7 Å². The van der Waals surface area contributed by atoms with Crippen LogP contribution >= 0.6 is 12.4 Å². The number of nitrogens with zero attached hydrogens (tertiary/aromatic N) is 1. The maximum atomic E-state index is 12.5. The molecule has 3 fully saturated rings. The van der Waals surface area contributed by atoms with Gasteiger partial charge in [0.2, 0.25) is 5.91 Å². The summed E-state index contributed by atoms with van der Waals surface area (Å²) in [4.78, 5) is 15.2. The second-order valence-corrected chi connectivity index (χ2v) is 7.61. The Balaban J connectivity index is 0.00000208. The molecule has 1 amide bonds. The lowest BCUT2D eigenvalue weighted by Crippen LogP contribution is -2.58. The lowest BCUT2D eigenvalue weighted by molar-refractivity contribution is -0.132. The van der Waals surface area contributed by atoms with E-state index in [1.165, 1.54) is 64.5 Å². The lowest BCUT2D eigenvalue weighted by Gasteiger charge is -2.48. The number of rotatable bonds is 5. The summed E-state index contributed by atoms with van der Waals surface area (Å²) in [7, 11) is 0. The van der Waals surface area contributed by atoms with Gasteiger partial charge >= 0.3 is 0 Å². The van der Waals surface area contributed by atoms with Crippen LogP contribution in [0.1, 0.15) is 64.2 Å². The van der Waals surface area contributed by atoms with Crippen molar-refractivity contribution in [2.75, 3.05) is 26.2 Å². The molecule has 2 atom stereocenters. The SMILES string of the molecule is Cl.NC[C@H]1CC[C@@H](C(=O)NCC2(N3CCCCC3)CCCCC2)O1. The molecule has 2 aliphatic heterocycles. The minimum Gasteiger partial charge on any atom is -0.364 e. The Labute approximate surface area is 152 Å². The summed E-state index contributed by atoms with van der Waals surface area (Å²) in [6.45, 7) is 3.70. The molecule has 3 rings (SSSR count). The van der Waals surface area contributed by atoms with E-state index in [0.717, 1.165) is 19.4 Å². The van der Waals surface area contributed by atoms with E-state index in [9.17, 15) is 4.79 Å². The number of hydrogen-bond donors (Lipinski definition) is 2. The molecule has 0 bridgehead atoms. The number of nitrogens with two attached hydrogens (primary N) is 1. The van der Waals surface area contributed by atoms with Crippen molar-refractivity contribution >= 4 is 18.3 Å². The van der Waals surface area contributed by atoms with Crippen LogP contribution in [0.25, 0.3) is 0 Å². The molecule has 6 heteroatoms. The van der Waals surface area contributed by atoms with Gasteiger partial charge in [-0.3, -0.25) is 9.69 Å². The fourth-order valence-electron chi connectivity index (χ4n) is 4.62. The maximum absolute atomic E-state index is 12.5. The largest absolute Gasteiger partial charge is 0.364 e. The van der Waals surface area contributed by atoms with Crippen molar-refractivity contribution in [3.63, 3.8) is 0 Å². The highest BCUT2D eigenvalue weighted by molar-refractivity contribution is 5.85. The van der Waals surface area contributed by atoms with E-state index >= 15 is 0 Å². The van der Waals surface area contributed by atoms with Crippen LogP contribution in [0.5, 0.6) is 0 Å². The minimum absolute atomic E-state index is 0. The molecule has 5 nitrogen and oxygen atoms in total. The van der Waals surface area contributed by atoms with Gasteiger partial charge in [0.25, 0.3) is 0 Å². The van der Waals surface area contributed by atoms with Crippen molar-refractivity contribution in [3.05, 3.63) is 0 Å². The fourth-order valence-corrected chi connectivity index (χ4v) is 4.62. The summed E-state index contributed by atoms with van der Waals surface area (Å²) < 4.78 is 5.74. The van der Waals surface area contributed by atoms with Gasteiger partial charge in [-0.2, -0.15) is 0 Å². The Morgan fingerprint density at radius 2 is 1.75 bits per heavy atom. The normalized spacial score (nSPS) is 30.5. The molecule has 2 saturated heterocycles. The summed E-state index contributed by atoms with van der Waals surface area (Å²) in [5.41, 5.74) is 5.84. The predicted molar refractivity (Wildman–Crippen MR) is 98.4 cm³/mol. The third kappa shape index (κ3) is 4.63. The number of carbonyl (C=O) groups is 1. The van der Waals surface area contributed by atoms with E-state index in [1.807, 2.05) is 0 Å². The van der Waals surface area contributed by atoms with E-state index in [0.29, 0.717) is 6.54 Å². The lowest BCUT2D eigenvalue weighted by atomic mass is 9.79. The number of ether oxygens (including phenoxy) is 1. The van der Waals surface area contributed by atoms with Gasteiger partial charge in [0.05, 0.1) is 6.10 Å². The van der Waals surface area contributed by atoms with E-state index in [4.69, 9.17) is 10.5 Å². The molecular formula is C18H34ClN3O2. The van der Waals surface area contributed by atoms with E-state index in [2.05, 4.69) is 10.2 Å². The maximum Gasteiger partial charge on any atom is 0.249 e. The van der Waals surface area contributed by atoms with Gasteiger partial charge < -0.3 is 15.8 Å². The molecule has 140 valence electrons. The molecule has 24 heavy (non-hydrogen) atoms. The topological polar surface area (TPSA) is 67.6 Å². The van der Waals surface area contributed by atoms with Gasteiger partial charge in [0, 0.05) is 18.6 Å². The van der Waals surface area contributed by atoms with Crippen molar-refractivity contribution < 1.29 is 9.53 Å². The molecular weight excluding hydrogens is 326 g/mol. The zero-order valence-electron chi connectivity index (χ0n) is 14.8. The highest BCUT2D eigenvalue weighted by atomic mass is 35.5. The number of piperidine rings is 1. The zero-order valence-corrected chi connectivity index (χ0v) is 15.6. The zero-order chi connectivity index (χ0) is 16.1. The summed E-state index contributed by atoms with van der Waals surface area (Å²) in [5.74, 6) is 0.0721. The van der Waals surface area contributed by atoms with E-state index < -0.39 is 0 Å².